The van der Waals surface area contributed by atoms with E-state index in [1.54, 1.807) is 12.1 Å². The van der Waals surface area contributed by atoms with Gasteiger partial charge in [0.05, 0.1) is 5.41 Å². The van der Waals surface area contributed by atoms with E-state index in [0.29, 0.717) is 5.58 Å². The predicted molar refractivity (Wildman–Crippen MR) is 88.9 cm³/mol. The maximum atomic E-state index is 12.4. The van der Waals surface area contributed by atoms with Crippen LogP contribution in [0.2, 0.25) is 0 Å². The number of ether oxygens (including phenoxy) is 1. The van der Waals surface area contributed by atoms with Crippen molar-refractivity contribution < 1.29 is 18.7 Å². The molecule has 24 heavy (non-hydrogen) atoms. The van der Waals surface area contributed by atoms with Crippen molar-refractivity contribution >= 4 is 22.7 Å². The van der Waals surface area contributed by atoms with E-state index < -0.39 is 5.41 Å². The standard InChI is InChI=1S/C20H16O4/c21-16(18-12-14-6-4-5-9-17(14)24-18)13-23-19(22)20(10-11-20)15-7-2-1-3-8-15/h1-9,12H,10-11,13H2. The van der Waals surface area contributed by atoms with Crippen molar-refractivity contribution in [2.75, 3.05) is 6.61 Å². The van der Waals surface area contributed by atoms with E-state index in [2.05, 4.69) is 0 Å². The molecule has 4 rings (SSSR count). The van der Waals surface area contributed by atoms with Crippen LogP contribution in [0.25, 0.3) is 11.0 Å². The van der Waals surface area contributed by atoms with E-state index in [9.17, 15) is 9.59 Å². The highest BCUT2D eigenvalue weighted by Gasteiger charge is 2.52. The van der Waals surface area contributed by atoms with Gasteiger partial charge in [-0.25, -0.2) is 0 Å². The first kappa shape index (κ1) is 14.7. The third-order valence-electron chi connectivity index (χ3n) is 4.50. The summed E-state index contributed by atoms with van der Waals surface area (Å²) in [5.41, 5.74) is 1.02. The van der Waals surface area contributed by atoms with E-state index in [-0.39, 0.29) is 24.1 Å². The van der Waals surface area contributed by atoms with Crippen LogP contribution in [0.3, 0.4) is 0 Å². The van der Waals surface area contributed by atoms with Gasteiger partial charge < -0.3 is 9.15 Å². The van der Waals surface area contributed by atoms with Gasteiger partial charge in [0, 0.05) is 5.39 Å². The zero-order valence-electron chi connectivity index (χ0n) is 13.0. The number of hydrogen-bond donors (Lipinski definition) is 0. The minimum Gasteiger partial charge on any atom is -0.456 e. The Morgan fingerprint density at radius 3 is 2.42 bits per heavy atom. The van der Waals surface area contributed by atoms with Crippen LogP contribution >= 0.6 is 0 Å². The van der Waals surface area contributed by atoms with Crippen molar-refractivity contribution in [2.24, 2.45) is 0 Å². The van der Waals surface area contributed by atoms with Crippen molar-refractivity contribution in [2.45, 2.75) is 18.3 Å². The van der Waals surface area contributed by atoms with Gasteiger partial charge >= 0.3 is 5.97 Å². The number of hydrogen-bond acceptors (Lipinski definition) is 4. The monoisotopic (exact) mass is 320 g/mol. The van der Waals surface area contributed by atoms with Crippen LogP contribution in [-0.4, -0.2) is 18.4 Å². The fraction of sp³-hybridized carbons (Fsp3) is 0.200. The van der Waals surface area contributed by atoms with Crippen LogP contribution in [0.15, 0.2) is 65.1 Å². The number of ketones is 1. The highest BCUT2D eigenvalue weighted by molar-refractivity contribution is 5.99. The van der Waals surface area contributed by atoms with E-state index in [4.69, 9.17) is 9.15 Å². The molecule has 1 aliphatic rings. The summed E-state index contributed by atoms with van der Waals surface area (Å²) in [4.78, 5) is 24.7. The van der Waals surface area contributed by atoms with Crippen LogP contribution in [0.5, 0.6) is 0 Å². The van der Waals surface area contributed by atoms with Crippen LogP contribution in [0.1, 0.15) is 29.0 Å². The number of para-hydroxylation sites is 1. The number of benzene rings is 2. The van der Waals surface area contributed by atoms with Crippen molar-refractivity contribution in [1.82, 2.24) is 0 Å². The molecule has 3 aromatic rings. The van der Waals surface area contributed by atoms with Gasteiger partial charge in [-0.2, -0.15) is 0 Å². The number of fused-ring (bicyclic) bond motifs is 1. The summed E-state index contributed by atoms with van der Waals surface area (Å²) >= 11 is 0. The fourth-order valence-electron chi connectivity index (χ4n) is 2.95. The largest absolute Gasteiger partial charge is 0.456 e. The summed E-state index contributed by atoms with van der Waals surface area (Å²) < 4.78 is 10.8. The first-order valence-electron chi connectivity index (χ1n) is 7.94. The molecule has 1 aromatic heterocycles. The Bertz CT molecular complexity index is 871. The average molecular weight is 320 g/mol. The Balaban J connectivity index is 1.45. The van der Waals surface area contributed by atoms with Crippen LogP contribution in [-0.2, 0) is 14.9 Å². The van der Waals surface area contributed by atoms with Crippen LogP contribution in [0.4, 0.5) is 0 Å². The molecule has 0 radical (unpaired) electrons. The molecule has 0 atom stereocenters. The van der Waals surface area contributed by atoms with E-state index in [1.807, 2.05) is 48.5 Å². The number of carbonyl (C=O) groups is 2. The molecule has 2 aromatic carbocycles. The average Bonchev–Trinajstić information content (AvgIpc) is 3.32. The molecule has 4 nitrogen and oxygen atoms in total. The van der Waals surface area contributed by atoms with Crippen molar-refractivity contribution in [3.8, 4) is 0 Å². The first-order valence-corrected chi connectivity index (χ1v) is 7.94. The first-order chi connectivity index (χ1) is 11.7. The molecular weight excluding hydrogens is 304 g/mol. The lowest BCUT2D eigenvalue weighted by molar-refractivity contribution is -0.145. The Kier molecular flexibility index (Phi) is 3.45. The zero-order valence-corrected chi connectivity index (χ0v) is 13.0. The lowest BCUT2D eigenvalue weighted by Gasteiger charge is -2.14. The molecule has 0 amide bonds. The maximum absolute atomic E-state index is 12.4. The Labute approximate surface area is 139 Å². The topological polar surface area (TPSA) is 56.5 Å². The second kappa shape index (κ2) is 5.64. The molecule has 0 spiro atoms. The van der Waals surface area contributed by atoms with Gasteiger partial charge in [-0.1, -0.05) is 48.5 Å². The number of rotatable bonds is 5. The quantitative estimate of drug-likeness (QED) is 0.528. The van der Waals surface area contributed by atoms with Gasteiger partial charge in [-0.3, -0.25) is 9.59 Å². The highest BCUT2D eigenvalue weighted by atomic mass is 16.5. The van der Waals surface area contributed by atoms with E-state index in [0.717, 1.165) is 23.8 Å². The molecular formula is C20H16O4. The van der Waals surface area contributed by atoms with Crippen molar-refractivity contribution in [1.29, 1.82) is 0 Å². The second-order valence-corrected chi connectivity index (χ2v) is 6.10. The lowest BCUT2D eigenvalue weighted by Crippen LogP contribution is -2.25. The molecule has 120 valence electrons. The number of esters is 1. The molecule has 1 heterocycles. The molecule has 1 fully saturated rings. The molecule has 0 N–H and O–H groups in total. The summed E-state index contributed by atoms with van der Waals surface area (Å²) in [5.74, 6) is -0.449. The third kappa shape index (κ3) is 2.50. The molecule has 1 aliphatic carbocycles. The van der Waals surface area contributed by atoms with E-state index in [1.165, 1.54) is 0 Å². The van der Waals surface area contributed by atoms with Gasteiger partial charge in [0.2, 0.25) is 5.78 Å². The number of carbonyl (C=O) groups excluding carboxylic acids is 2. The summed E-state index contributed by atoms with van der Waals surface area (Å²) in [6.07, 6.45) is 1.52. The maximum Gasteiger partial charge on any atom is 0.317 e. The normalized spacial score (nSPS) is 15.2. The van der Waals surface area contributed by atoms with E-state index >= 15 is 0 Å². The molecule has 0 saturated heterocycles. The Morgan fingerprint density at radius 2 is 1.71 bits per heavy atom. The molecule has 4 heteroatoms. The molecule has 0 unspecified atom stereocenters. The number of furan rings is 1. The summed E-state index contributed by atoms with van der Waals surface area (Å²) in [7, 11) is 0. The van der Waals surface area contributed by atoms with Gasteiger partial charge in [0.1, 0.15) is 5.58 Å². The SMILES string of the molecule is O=C(COC(=O)C1(c2ccccc2)CC1)c1cc2ccccc2o1. The predicted octanol–water partition coefficient (Wildman–Crippen LogP) is 3.89. The van der Waals surface area contributed by atoms with Crippen LogP contribution < -0.4 is 0 Å². The summed E-state index contributed by atoms with van der Waals surface area (Å²) in [6, 6.07) is 18.6. The fourth-order valence-corrected chi connectivity index (χ4v) is 2.95. The Morgan fingerprint density at radius 1 is 1.00 bits per heavy atom. The summed E-state index contributed by atoms with van der Waals surface area (Å²) in [6.45, 7) is -0.298. The Hall–Kier alpha value is -2.88. The van der Waals surface area contributed by atoms with Crippen LogP contribution in [0, 0.1) is 0 Å². The molecule has 0 bridgehead atoms. The van der Waals surface area contributed by atoms with Crippen molar-refractivity contribution in [3.63, 3.8) is 0 Å². The molecule has 1 saturated carbocycles. The zero-order chi connectivity index (χ0) is 16.6. The van der Waals surface area contributed by atoms with Crippen molar-refractivity contribution in [3.05, 3.63) is 72.0 Å². The van der Waals surface area contributed by atoms with Gasteiger partial charge in [0.25, 0.3) is 0 Å². The number of Topliss-reactive ketones (excluding diaryl/α,β-unsaturated/α-hetero) is 1. The minimum atomic E-state index is -0.574. The second-order valence-electron chi connectivity index (χ2n) is 6.10. The molecule has 0 aliphatic heterocycles. The smallest absolute Gasteiger partial charge is 0.317 e. The highest BCUT2D eigenvalue weighted by Crippen LogP contribution is 2.49. The van der Waals surface area contributed by atoms with Gasteiger partial charge in [-0.15, -0.1) is 0 Å². The minimum absolute atomic E-state index is 0.216. The lowest BCUT2D eigenvalue weighted by atomic mass is 9.96. The third-order valence-corrected chi connectivity index (χ3v) is 4.50. The van der Waals surface area contributed by atoms with Gasteiger partial charge in [-0.05, 0) is 30.5 Å². The van der Waals surface area contributed by atoms with Gasteiger partial charge in [0.15, 0.2) is 12.4 Å². The summed E-state index contributed by atoms with van der Waals surface area (Å²) in [5, 5.41) is 0.857.